The molecular weight excluding hydrogens is 434 g/mol. The van der Waals surface area contributed by atoms with Crippen LogP contribution in [-0.4, -0.2) is 30.4 Å². The van der Waals surface area contributed by atoms with Gasteiger partial charge in [-0.1, -0.05) is 26.8 Å². The Morgan fingerprint density at radius 2 is 1.88 bits per heavy atom. The summed E-state index contributed by atoms with van der Waals surface area (Å²) in [6, 6.07) is 5.17. The number of carbonyl (C=O) groups excluding carboxylic acids is 3. The van der Waals surface area contributed by atoms with Gasteiger partial charge in [-0.3, -0.25) is 9.59 Å². The number of carbonyl (C=O) groups is 3. The summed E-state index contributed by atoms with van der Waals surface area (Å²) >= 11 is 0. The fourth-order valence-corrected chi connectivity index (χ4v) is 4.58. The molecule has 34 heavy (non-hydrogen) atoms. The lowest BCUT2D eigenvalue weighted by molar-refractivity contribution is -0.144. The van der Waals surface area contributed by atoms with E-state index in [1.807, 2.05) is 27.7 Å². The molecule has 3 rings (SSSR count). The van der Waals surface area contributed by atoms with Gasteiger partial charge in [0.25, 0.3) is 0 Å². The minimum absolute atomic E-state index is 0.00659. The number of rotatable bonds is 7. The zero-order chi connectivity index (χ0) is 25.2. The number of nitrogens with one attached hydrogen (secondary N) is 1. The maximum Gasteiger partial charge on any atom is 0.337 e. The van der Waals surface area contributed by atoms with Crippen molar-refractivity contribution in [2.75, 3.05) is 6.61 Å². The van der Waals surface area contributed by atoms with Crippen LogP contribution in [0.3, 0.4) is 0 Å². The van der Waals surface area contributed by atoms with E-state index < -0.39 is 17.9 Å². The molecular formula is C27H35NO6. The van der Waals surface area contributed by atoms with E-state index >= 15 is 0 Å². The summed E-state index contributed by atoms with van der Waals surface area (Å²) in [5.74, 6) is -0.836. The summed E-state index contributed by atoms with van der Waals surface area (Å²) in [5, 5.41) is 3.34. The van der Waals surface area contributed by atoms with Crippen LogP contribution in [0.5, 0.6) is 11.5 Å². The fourth-order valence-electron chi connectivity index (χ4n) is 4.58. The molecule has 1 aliphatic carbocycles. The SMILES string of the molecule is CCOc1cc([C@H]2C(C(=O)O[C@@H](C)CC)=C(C)NC3=C2C(=O)CC(C)(C)C3)ccc1OC(C)=O. The van der Waals surface area contributed by atoms with Crippen LogP contribution in [0.1, 0.15) is 79.2 Å². The average Bonchev–Trinajstić information content (AvgIpc) is 2.72. The van der Waals surface area contributed by atoms with Crippen molar-refractivity contribution in [2.45, 2.75) is 79.8 Å². The van der Waals surface area contributed by atoms with Crippen molar-refractivity contribution in [1.29, 1.82) is 0 Å². The molecule has 1 heterocycles. The molecule has 0 aromatic heterocycles. The molecule has 1 aromatic carbocycles. The van der Waals surface area contributed by atoms with Crippen molar-refractivity contribution in [2.24, 2.45) is 5.41 Å². The number of esters is 2. The molecule has 1 N–H and O–H groups in total. The van der Waals surface area contributed by atoms with Crippen LogP contribution in [0.25, 0.3) is 0 Å². The topological polar surface area (TPSA) is 90.9 Å². The Morgan fingerprint density at radius 3 is 2.50 bits per heavy atom. The highest BCUT2D eigenvalue weighted by Crippen LogP contribution is 2.48. The van der Waals surface area contributed by atoms with E-state index in [0.717, 1.165) is 5.70 Å². The second-order valence-corrected chi connectivity index (χ2v) is 9.79. The molecule has 184 valence electrons. The fraction of sp³-hybridized carbons (Fsp3) is 0.519. The number of dihydropyridines is 1. The molecule has 7 nitrogen and oxygen atoms in total. The summed E-state index contributed by atoms with van der Waals surface area (Å²) in [7, 11) is 0. The lowest BCUT2D eigenvalue weighted by Crippen LogP contribution is -2.39. The maximum atomic E-state index is 13.4. The number of Topliss-reactive ketones (excluding diaryl/α,β-unsaturated/α-hetero) is 1. The molecule has 0 fully saturated rings. The third-order valence-corrected chi connectivity index (χ3v) is 6.20. The average molecular weight is 470 g/mol. The van der Waals surface area contributed by atoms with Crippen LogP contribution >= 0.6 is 0 Å². The number of ketones is 1. The second kappa shape index (κ2) is 10.0. The smallest absolute Gasteiger partial charge is 0.337 e. The van der Waals surface area contributed by atoms with Gasteiger partial charge in [-0.15, -0.1) is 0 Å². The normalized spacial score (nSPS) is 20.3. The highest BCUT2D eigenvalue weighted by molar-refractivity contribution is 6.04. The van der Waals surface area contributed by atoms with Crippen molar-refractivity contribution < 1.29 is 28.6 Å². The molecule has 0 unspecified atom stereocenters. The third kappa shape index (κ3) is 5.34. The first-order valence-electron chi connectivity index (χ1n) is 11.9. The van der Waals surface area contributed by atoms with Gasteiger partial charge in [0.1, 0.15) is 0 Å². The van der Waals surface area contributed by atoms with Gasteiger partial charge in [0.2, 0.25) is 0 Å². The van der Waals surface area contributed by atoms with Gasteiger partial charge in [-0.2, -0.15) is 0 Å². The molecule has 0 spiro atoms. The first-order valence-corrected chi connectivity index (χ1v) is 11.9. The molecule has 0 bridgehead atoms. The Morgan fingerprint density at radius 1 is 1.18 bits per heavy atom. The lowest BCUT2D eigenvalue weighted by Gasteiger charge is -2.39. The molecule has 2 atom stereocenters. The van der Waals surface area contributed by atoms with E-state index in [0.29, 0.717) is 59.8 Å². The predicted molar refractivity (Wildman–Crippen MR) is 128 cm³/mol. The number of hydrogen-bond acceptors (Lipinski definition) is 7. The van der Waals surface area contributed by atoms with Gasteiger partial charge in [-0.25, -0.2) is 4.79 Å². The van der Waals surface area contributed by atoms with Gasteiger partial charge < -0.3 is 19.5 Å². The number of hydrogen-bond donors (Lipinski definition) is 1. The third-order valence-electron chi connectivity index (χ3n) is 6.20. The van der Waals surface area contributed by atoms with Gasteiger partial charge in [0.15, 0.2) is 17.3 Å². The molecule has 0 saturated carbocycles. The van der Waals surface area contributed by atoms with Crippen LogP contribution in [-0.2, 0) is 19.1 Å². The summed E-state index contributed by atoms with van der Waals surface area (Å²) < 4.78 is 16.7. The molecule has 0 radical (unpaired) electrons. The maximum absolute atomic E-state index is 13.4. The Bertz CT molecular complexity index is 1060. The Labute approximate surface area is 201 Å². The minimum atomic E-state index is -0.609. The molecule has 2 aliphatic rings. The Hall–Kier alpha value is -3.09. The van der Waals surface area contributed by atoms with Crippen molar-refractivity contribution >= 4 is 17.7 Å². The summed E-state index contributed by atoms with van der Waals surface area (Å²) in [5.41, 5.74) is 3.03. The van der Waals surface area contributed by atoms with E-state index in [9.17, 15) is 14.4 Å². The molecule has 0 saturated heterocycles. The largest absolute Gasteiger partial charge is 0.490 e. The van der Waals surface area contributed by atoms with Crippen LogP contribution in [0, 0.1) is 5.41 Å². The monoisotopic (exact) mass is 469 g/mol. The molecule has 1 aliphatic heterocycles. The van der Waals surface area contributed by atoms with Crippen molar-refractivity contribution in [3.8, 4) is 11.5 Å². The van der Waals surface area contributed by atoms with Gasteiger partial charge in [0, 0.05) is 36.2 Å². The number of ether oxygens (including phenoxy) is 3. The van der Waals surface area contributed by atoms with Gasteiger partial charge >= 0.3 is 11.9 Å². The van der Waals surface area contributed by atoms with Gasteiger partial charge in [0.05, 0.1) is 18.3 Å². The Kier molecular flexibility index (Phi) is 7.54. The highest BCUT2D eigenvalue weighted by atomic mass is 16.6. The summed E-state index contributed by atoms with van der Waals surface area (Å²) in [4.78, 5) is 38.3. The zero-order valence-corrected chi connectivity index (χ0v) is 21.2. The van der Waals surface area contributed by atoms with E-state index in [-0.39, 0.29) is 17.3 Å². The van der Waals surface area contributed by atoms with E-state index in [2.05, 4.69) is 19.2 Å². The first-order chi connectivity index (χ1) is 16.0. The first kappa shape index (κ1) is 25.5. The van der Waals surface area contributed by atoms with Crippen LogP contribution in [0.2, 0.25) is 0 Å². The van der Waals surface area contributed by atoms with Crippen LogP contribution < -0.4 is 14.8 Å². The zero-order valence-electron chi connectivity index (χ0n) is 21.2. The minimum Gasteiger partial charge on any atom is -0.490 e. The van der Waals surface area contributed by atoms with E-state index in [1.165, 1.54) is 6.92 Å². The highest BCUT2D eigenvalue weighted by Gasteiger charge is 2.43. The quantitative estimate of drug-likeness (QED) is 0.446. The van der Waals surface area contributed by atoms with Crippen LogP contribution in [0.15, 0.2) is 40.7 Å². The van der Waals surface area contributed by atoms with Crippen molar-refractivity contribution in [3.05, 3.63) is 46.3 Å². The molecule has 7 heteroatoms. The number of allylic oxidation sites excluding steroid dienone is 3. The van der Waals surface area contributed by atoms with Crippen molar-refractivity contribution in [3.63, 3.8) is 0 Å². The van der Waals surface area contributed by atoms with Gasteiger partial charge in [-0.05, 0) is 56.7 Å². The van der Waals surface area contributed by atoms with E-state index in [1.54, 1.807) is 18.2 Å². The second-order valence-electron chi connectivity index (χ2n) is 9.79. The number of benzene rings is 1. The standard InChI is InChI=1S/C27H35NO6/c1-8-15(3)33-26(31)23-16(4)28-19-13-27(6,7)14-20(30)25(19)24(23)18-10-11-21(34-17(5)29)22(12-18)32-9-2/h10-12,15,24,28H,8-9,13-14H2,1-7H3/t15-,24-/m0/s1. The Balaban J connectivity index is 2.18. The molecule has 0 amide bonds. The summed E-state index contributed by atoms with van der Waals surface area (Å²) in [6.45, 7) is 13.3. The summed E-state index contributed by atoms with van der Waals surface area (Å²) in [6.07, 6.45) is 1.51. The van der Waals surface area contributed by atoms with E-state index in [4.69, 9.17) is 14.2 Å². The lowest BCUT2D eigenvalue weighted by atomic mass is 9.68. The molecule has 1 aromatic rings. The predicted octanol–water partition coefficient (Wildman–Crippen LogP) is 4.96. The van der Waals surface area contributed by atoms with Crippen molar-refractivity contribution in [1.82, 2.24) is 5.32 Å². The van der Waals surface area contributed by atoms with Crippen LogP contribution in [0.4, 0.5) is 0 Å².